The zero-order chi connectivity index (χ0) is 11.5. The minimum Gasteiger partial charge on any atom is -0.395 e. The van der Waals surface area contributed by atoms with Crippen LogP contribution in [0.4, 0.5) is 0 Å². The molecule has 0 aromatic carbocycles. The van der Waals surface area contributed by atoms with Crippen molar-refractivity contribution in [1.82, 2.24) is 9.55 Å². The molecule has 0 aliphatic heterocycles. The highest BCUT2D eigenvalue weighted by atomic mass is 16.3. The Morgan fingerprint density at radius 1 is 1.38 bits per heavy atom. The molecule has 0 bridgehead atoms. The van der Waals surface area contributed by atoms with Crippen LogP contribution in [0.15, 0.2) is 29.1 Å². The average Bonchev–Trinajstić information content (AvgIpc) is 2.32. The Bertz CT molecular complexity index is 625. The molecule has 5 nitrogen and oxygen atoms in total. The van der Waals surface area contributed by atoms with Crippen molar-refractivity contribution in [2.75, 3.05) is 6.61 Å². The molecule has 0 saturated carbocycles. The summed E-state index contributed by atoms with van der Waals surface area (Å²) in [5.74, 6) is 0. The second kappa shape index (κ2) is 4.13. The van der Waals surface area contributed by atoms with Crippen LogP contribution in [-0.4, -0.2) is 21.3 Å². The van der Waals surface area contributed by atoms with Crippen LogP contribution in [0, 0.1) is 11.3 Å². The maximum atomic E-state index is 11.6. The van der Waals surface area contributed by atoms with Gasteiger partial charge in [-0.15, -0.1) is 0 Å². The van der Waals surface area contributed by atoms with Gasteiger partial charge in [0, 0.05) is 11.5 Å². The fraction of sp³-hybridized carbons (Fsp3) is 0.182. The van der Waals surface area contributed by atoms with E-state index in [4.69, 9.17) is 10.4 Å². The highest BCUT2D eigenvalue weighted by Crippen LogP contribution is 2.09. The standard InChI is InChI=1S/C11H9N3O2/c12-7-9-3-1-8-2-4-10(16)14(5-6-15)11(8)13-9/h1-4,15H,5-6H2. The molecular weight excluding hydrogens is 206 g/mol. The lowest BCUT2D eigenvalue weighted by atomic mass is 10.2. The normalized spacial score (nSPS) is 10.2. The minimum absolute atomic E-state index is 0.141. The summed E-state index contributed by atoms with van der Waals surface area (Å²) in [6.07, 6.45) is 0. The average molecular weight is 215 g/mol. The summed E-state index contributed by atoms with van der Waals surface area (Å²) in [5, 5.41) is 18.4. The third-order valence-electron chi connectivity index (χ3n) is 2.27. The van der Waals surface area contributed by atoms with Gasteiger partial charge in [-0.1, -0.05) is 0 Å². The molecule has 0 aliphatic carbocycles. The summed E-state index contributed by atoms with van der Waals surface area (Å²) in [7, 11) is 0. The maximum Gasteiger partial charge on any atom is 0.252 e. The van der Waals surface area contributed by atoms with Gasteiger partial charge in [-0.3, -0.25) is 9.36 Å². The van der Waals surface area contributed by atoms with Crippen molar-refractivity contribution in [2.24, 2.45) is 0 Å². The van der Waals surface area contributed by atoms with E-state index in [9.17, 15) is 4.79 Å². The van der Waals surface area contributed by atoms with Gasteiger partial charge < -0.3 is 5.11 Å². The Morgan fingerprint density at radius 3 is 2.81 bits per heavy atom. The molecule has 5 heteroatoms. The molecule has 80 valence electrons. The Kier molecular flexibility index (Phi) is 2.66. The van der Waals surface area contributed by atoms with Gasteiger partial charge in [-0.25, -0.2) is 4.98 Å². The first-order chi connectivity index (χ1) is 7.76. The molecule has 2 rings (SSSR count). The highest BCUT2D eigenvalue weighted by molar-refractivity contribution is 5.75. The Hall–Kier alpha value is -2.19. The third-order valence-corrected chi connectivity index (χ3v) is 2.27. The van der Waals surface area contributed by atoms with Crippen LogP contribution in [-0.2, 0) is 6.54 Å². The number of rotatable bonds is 2. The molecule has 2 aromatic heterocycles. The van der Waals surface area contributed by atoms with E-state index >= 15 is 0 Å². The van der Waals surface area contributed by atoms with E-state index in [0.29, 0.717) is 5.65 Å². The van der Waals surface area contributed by atoms with Crippen LogP contribution >= 0.6 is 0 Å². The topological polar surface area (TPSA) is 78.9 Å². The van der Waals surface area contributed by atoms with Crippen molar-refractivity contribution in [3.63, 3.8) is 0 Å². The van der Waals surface area contributed by atoms with Crippen molar-refractivity contribution >= 4 is 11.0 Å². The maximum absolute atomic E-state index is 11.6. The SMILES string of the molecule is N#Cc1ccc2ccc(=O)n(CCO)c2n1. The summed E-state index contributed by atoms with van der Waals surface area (Å²) < 4.78 is 1.36. The monoisotopic (exact) mass is 215 g/mol. The van der Waals surface area contributed by atoms with Crippen LogP contribution in [0.1, 0.15) is 5.69 Å². The van der Waals surface area contributed by atoms with Gasteiger partial charge >= 0.3 is 0 Å². The number of aromatic nitrogens is 2. The van der Waals surface area contributed by atoms with E-state index in [0.717, 1.165) is 5.39 Å². The van der Waals surface area contributed by atoms with E-state index in [1.54, 1.807) is 18.2 Å². The van der Waals surface area contributed by atoms with Crippen molar-refractivity contribution in [3.8, 4) is 6.07 Å². The number of pyridine rings is 2. The Balaban J connectivity index is 2.79. The first-order valence-electron chi connectivity index (χ1n) is 4.78. The smallest absolute Gasteiger partial charge is 0.252 e. The zero-order valence-electron chi connectivity index (χ0n) is 8.42. The summed E-state index contributed by atoms with van der Waals surface area (Å²) in [6.45, 7) is 0.0372. The molecule has 0 saturated heterocycles. The molecule has 0 radical (unpaired) electrons. The lowest BCUT2D eigenvalue weighted by Gasteiger charge is -2.06. The Morgan fingerprint density at radius 2 is 2.12 bits per heavy atom. The summed E-state index contributed by atoms with van der Waals surface area (Å²) in [6, 6.07) is 8.32. The first-order valence-corrected chi connectivity index (χ1v) is 4.78. The Labute approximate surface area is 91.2 Å². The second-order valence-electron chi connectivity index (χ2n) is 3.27. The van der Waals surface area contributed by atoms with Crippen LogP contribution in [0.25, 0.3) is 11.0 Å². The molecule has 1 N–H and O–H groups in total. The number of aliphatic hydroxyl groups excluding tert-OH is 1. The van der Waals surface area contributed by atoms with Gasteiger partial charge in [0.05, 0.1) is 13.2 Å². The molecular formula is C11H9N3O2. The van der Waals surface area contributed by atoms with Crippen LogP contribution in [0.3, 0.4) is 0 Å². The van der Waals surface area contributed by atoms with Gasteiger partial charge in [0.1, 0.15) is 17.4 Å². The lowest BCUT2D eigenvalue weighted by Crippen LogP contribution is -2.21. The van der Waals surface area contributed by atoms with Gasteiger partial charge in [0.25, 0.3) is 5.56 Å². The van der Waals surface area contributed by atoms with Crippen molar-refractivity contribution < 1.29 is 5.11 Å². The van der Waals surface area contributed by atoms with Crippen LogP contribution in [0.2, 0.25) is 0 Å². The van der Waals surface area contributed by atoms with Crippen molar-refractivity contribution in [1.29, 1.82) is 5.26 Å². The summed E-state index contributed by atoms with van der Waals surface area (Å²) in [5.41, 5.74) is 0.453. The minimum atomic E-state index is -0.232. The molecule has 0 atom stereocenters. The van der Waals surface area contributed by atoms with E-state index in [2.05, 4.69) is 4.98 Å². The molecule has 16 heavy (non-hydrogen) atoms. The van der Waals surface area contributed by atoms with Gasteiger partial charge in [-0.05, 0) is 18.2 Å². The van der Waals surface area contributed by atoms with Gasteiger partial charge in [-0.2, -0.15) is 5.26 Å². The van der Waals surface area contributed by atoms with Gasteiger partial charge in [0.2, 0.25) is 0 Å². The fourth-order valence-corrected chi connectivity index (χ4v) is 1.54. The largest absolute Gasteiger partial charge is 0.395 e. The number of nitriles is 1. The lowest BCUT2D eigenvalue weighted by molar-refractivity contribution is 0.276. The zero-order valence-corrected chi connectivity index (χ0v) is 8.42. The van der Waals surface area contributed by atoms with Crippen molar-refractivity contribution in [2.45, 2.75) is 6.54 Å². The number of aliphatic hydroxyl groups is 1. The van der Waals surface area contributed by atoms with Gasteiger partial charge in [0.15, 0.2) is 0 Å². The first kappa shape index (κ1) is 10.3. The molecule has 0 fully saturated rings. The van der Waals surface area contributed by atoms with Crippen LogP contribution < -0.4 is 5.56 Å². The molecule has 2 aromatic rings. The predicted octanol–water partition coefficient (Wildman–Crippen LogP) is 0.260. The molecule has 2 heterocycles. The fourth-order valence-electron chi connectivity index (χ4n) is 1.54. The third kappa shape index (κ3) is 1.66. The van der Waals surface area contributed by atoms with E-state index in [1.165, 1.54) is 10.6 Å². The number of hydrogen-bond acceptors (Lipinski definition) is 4. The number of fused-ring (bicyclic) bond motifs is 1. The predicted molar refractivity (Wildman–Crippen MR) is 57.8 cm³/mol. The number of nitrogens with zero attached hydrogens (tertiary/aromatic N) is 3. The van der Waals surface area contributed by atoms with Crippen LogP contribution in [0.5, 0.6) is 0 Å². The summed E-state index contributed by atoms with van der Waals surface area (Å²) >= 11 is 0. The molecule has 0 aliphatic rings. The molecule has 0 spiro atoms. The van der Waals surface area contributed by atoms with E-state index < -0.39 is 0 Å². The second-order valence-corrected chi connectivity index (χ2v) is 3.27. The highest BCUT2D eigenvalue weighted by Gasteiger charge is 2.04. The summed E-state index contributed by atoms with van der Waals surface area (Å²) in [4.78, 5) is 15.6. The molecule has 0 amide bonds. The molecule has 0 unspecified atom stereocenters. The quantitative estimate of drug-likeness (QED) is 0.779. The number of hydrogen-bond donors (Lipinski definition) is 1. The van der Waals surface area contributed by atoms with E-state index in [1.807, 2.05) is 6.07 Å². The van der Waals surface area contributed by atoms with Crippen molar-refractivity contribution in [3.05, 3.63) is 40.3 Å². The van der Waals surface area contributed by atoms with E-state index in [-0.39, 0.29) is 24.4 Å².